The third kappa shape index (κ3) is 5.01. The summed E-state index contributed by atoms with van der Waals surface area (Å²) in [5.74, 6) is 0.317. The third-order valence-electron chi connectivity index (χ3n) is 5.41. The van der Waals surface area contributed by atoms with E-state index in [1.807, 2.05) is 29.8 Å². The Hall–Kier alpha value is -2.98. The first-order valence-electron chi connectivity index (χ1n) is 11.0. The summed E-state index contributed by atoms with van der Waals surface area (Å²) in [7, 11) is 0. The van der Waals surface area contributed by atoms with Gasteiger partial charge in [0, 0.05) is 38.2 Å². The van der Waals surface area contributed by atoms with Gasteiger partial charge >= 0.3 is 0 Å². The number of carbonyl (C=O) groups excluding carboxylic acids is 1. The Morgan fingerprint density at radius 3 is 2.82 bits per heavy atom. The van der Waals surface area contributed by atoms with Gasteiger partial charge in [0.25, 0.3) is 11.5 Å². The van der Waals surface area contributed by atoms with Crippen LogP contribution in [0.2, 0.25) is 0 Å². The van der Waals surface area contributed by atoms with Gasteiger partial charge in [-0.2, -0.15) is 0 Å². The fraction of sp³-hybridized carbons (Fsp3) is 0.348. The van der Waals surface area contributed by atoms with Gasteiger partial charge in [0.2, 0.25) is 0 Å². The lowest BCUT2D eigenvalue weighted by molar-refractivity contribution is -0.122. The molecule has 10 heteroatoms. The fourth-order valence-corrected chi connectivity index (χ4v) is 4.89. The number of anilines is 1. The van der Waals surface area contributed by atoms with Gasteiger partial charge in [0.15, 0.2) is 0 Å². The van der Waals surface area contributed by atoms with Gasteiger partial charge < -0.3 is 9.88 Å². The van der Waals surface area contributed by atoms with Crippen molar-refractivity contribution < 1.29 is 4.79 Å². The van der Waals surface area contributed by atoms with E-state index in [0.29, 0.717) is 39.3 Å². The van der Waals surface area contributed by atoms with Crippen LogP contribution in [0.3, 0.4) is 0 Å². The maximum absolute atomic E-state index is 13.4. The van der Waals surface area contributed by atoms with Crippen LogP contribution < -0.4 is 10.9 Å². The largest absolute Gasteiger partial charge is 0.369 e. The van der Waals surface area contributed by atoms with Crippen molar-refractivity contribution in [2.75, 3.05) is 18.4 Å². The molecule has 1 aliphatic heterocycles. The Morgan fingerprint density at radius 2 is 2.06 bits per heavy atom. The van der Waals surface area contributed by atoms with Crippen LogP contribution in [-0.4, -0.2) is 47.2 Å². The van der Waals surface area contributed by atoms with Crippen molar-refractivity contribution in [1.82, 2.24) is 23.8 Å². The van der Waals surface area contributed by atoms with Gasteiger partial charge in [-0.1, -0.05) is 43.4 Å². The summed E-state index contributed by atoms with van der Waals surface area (Å²) in [4.78, 5) is 37.2. The molecule has 8 nitrogen and oxygen atoms in total. The quantitative estimate of drug-likeness (QED) is 0.283. The first kappa shape index (κ1) is 23.2. The molecule has 1 saturated heterocycles. The summed E-state index contributed by atoms with van der Waals surface area (Å²) >= 11 is 6.65. The molecule has 1 fully saturated rings. The standard InChI is InChI=1S/C23H26N6O2S2/c1-3-4-11-29-22(31)18(33-23(29)32)14-17-19(25-8-6-10-27-13-9-24-15-27)26-20-16(2)7-5-12-28(20)21(17)30/h5,7,9,12-15,25H,3-4,6,8,10-11H2,1-2H3. The van der Waals surface area contributed by atoms with Crippen molar-refractivity contribution in [3.05, 3.63) is 63.4 Å². The molecular formula is C23H26N6O2S2. The Kier molecular flexibility index (Phi) is 7.24. The van der Waals surface area contributed by atoms with Crippen molar-refractivity contribution in [2.45, 2.75) is 39.7 Å². The van der Waals surface area contributed by atoms with E-state index in [1.165, 1.54) is 16.2 Å². The van der Waals surface area contributed by atoms with Gasteiger partial charge in [0.05, 0.1) is 16.8 Å². The molecule has 0 bridgehead atoms. The zero-order valence-electron chi connectivity index (χ0n) is 18.7. The van der Waals surface area contributed by atoms with Crippen LogP contribution in [0.25, 0.3) is 11.7 Å². The van der Waals surface area contributed by atoms with Crippen molar-refractivity contribution in [2.24, 2.45) is 0 Å². The van der Waals surface area contributed by atoms with Crippen molar-refractivity contribution in [3.63, 3.8) is 0 Å². The number of hydrogen-bond acceptors (Lipinski definition) is 7. The molecule has 0 atom stereocenters. The highest BCUT2D eigenvalue weighted by molar-refractivity contribution is 8.26. The first-order valence-corrected chi connectivity index (χ1v) is 12.2. The maximum atomic E-state index is 13.4. The lowest BCUT2D eigenvalue weighted by Crippen LogP contribution is -2.29. The summed E-state index contributed by atoms with van der Waals surface area (Å²) in [6, 6.07) is 3.74. The first-order chi connectivity index (χ1) is 16.0. The number of nitrogens with one attached hydrogen (secondary N) is 1. The number of fused-ring (bicyclic) bond motifs is 1. The predicted octanol–water partition coefficient (Wildman–Crippen LogP) is 3.70. The average molecular weight is 483 g/mol. The number of imidazole rings is 1. The SMILES string of the molecule is CCCCN1C(=O)C(=Cc2c(NCCCn3ccnc3)nc3c(C)cccn3c2=O)SC1=S. The number of pyridine rings is 1. The number of thioether (sulfide) groups is 1. The average Bonchev–Trinajstić information content (AvgIpc) is 3.41. The van der Waals surface area contributed by atoms with Crippen LogP contribution in [0.5, 0.6) is 0 Å². The summed E-state index contributed by atoms with van der Waals surface area (Å²) in [5, 5.41) is 3.31. The number of amides is 1. The molecule has 33 heavy (non-hydrogen) atoms. The molecule has 1 N–H and O–H groups in total. The normalized spacial score (nSPS) is 15.2. The minimum absolute atomic E-state index is 0.154. The predicted molar refractivity (Wildman–Crippen MR) is 136 cm³/mol. The second-order valence-corrected chi connectivity index (χ2v) is 9.51. The zero-order valence-corrected chi connectivity index (χ0v) is 20.3. The van der Waals surface area contributed by atoms with Gasteiger partial charge in [-0.25, -0.2) is 9.97 Å². The van der Waals surface area contributed by atoms with Crippen LogP contribution in [0.1, 0.15) is 37.3 Å². The molecule has 0 spiro atoms. The molecule has 172 valence electrons. The Balaban J connectivity index is 1.66. The minimum atomic E-state index is -0.223. The second-order valence-electron chi connectivity index (χ2n) is 7.83. The lowest BCUT2D eigenvalue weighted by Gasteiger charge is -2.13. The Morgan fingerprint density at radius 1 is 1.21 bits per heavy atom. The van der Waals surface area contributed by atoms with E-state index in [-0.39, 0.29) is 11.5 Å². The number of hydrogen-bond donors (Lipinski definition) is 1. The number of aryl methyl sites for hydroxylation is 2. The topological polar surface area (TPSA) is 84.5 Å². The highest BCUT2D eigenvalue weighted by Crippen LogP contribution is 2.33. The molecule has 4 heterocycles. The third-order valence-corrected chi connectivity index (χ3v) is 6.79. The Bertz CT molecular complexity index is 1270. The molecular weight excluding hydrogens is 456 g/mol. The molecule has 0 unspecified atom stereocenters. The van der Waals surface area contributed by atoms with E-state index in [0.717, 1.165) is 31.4 Å². The number of aromatic nitrogens is 4. The lowest BCUT2D eigenvalue weighted by atomic mass is 10.2. The highest BCUT2D eigenvalue weighted by atomic mass is 32.2. The smallest absolute Gasteiger partial charge is 0.267 e. The number of thiocarbonyl (C=S) groups is 1. The molecule has 4 rings (SSSR count). The number of rotatable bonds is 9. The van der Waals surface area contributed by atoms with Crippen molar-refractivity contribution in [3.8, 4) is 0 Å². The van der Waals surface area contributed by atoms with Crippen molar-refractivity contribution in [1.29, 1.82) is 0 Å². The van der Waals surface area contributed by atoms with Crippen LogP contribution in [0.4, 0.5) is 5.82 Å². The minimum Gasteiger partial charge on any atom is -0.369 e. The number of nitrogens with zero attached hydrogens (tertiary/aromatic N) is 5. The second kappa shape index (κ2) is 10.3. The molecule has 3 aromatic rings. The van der Waals surface area contributed by atoms with Gasteiger partial charge in [0.1, 0.15) is 15.8 Å². The van der Waals surface area contributed by atoms with Crippen LogP contribution in [-0.2, 0) is 11.3 Å². The summed E-state index contributed by atoms with van der Waals surface area (Å²) < 4.78 is 4.05. The van der Waals surface area contributed by atoms with E-state index in [9.17, 15) is 9.59 Å². The van der Waals surface area contributed by atoms with Gasteiger partial charge in [-0.3, -0.25) is 18.9 Å². The summed E-state index contributed by atoms with van der Waals surface area (Å²) in [5.41, 5.74) is 1.62. The molecule has 3 aromatic heterocycles. The highest BCUT2D eigenvalue weighted by Gasteiger charge is 2.32. The molecule has 0 aliphatic carbocycles. The van der Waals surface area contributed by atoms with Gasteiger partial charge in [-0.05, 0) is 37.5 Å². The Labute approximate surface area is 201 Å². The molecule has 0 radical (unpaired) electrons. The monoisotopic (exact) mass is 482 g/mol. The molecule has 0 saturated carbocycles. The zero-order chi connectivity index (χ0) is 23.4. The van der Waals surface area contributed by atoms with E-state index in [4.69, 9.17) is 17.2 Å². The van der Waals surface area contributed by atoms with E-state index < -0.39 is 0 Å². The molecule has 1 amide bonds. The summed E-state index contributed by atoms with van der Waals surface area (Å²) in [6.07, 6.45) is 11.4. The van der Waals surface area contributed by atoms with Crippen molar-refractivity contribution >= 4 is 51.7 Å². The number of unbranched alkanes of at least 4 members (excludes halogenated alkanes) is 1. The van der Waals surface area contributed by atoms with E-state index in [2.05, 4.69) is 17.2 Å². The maximum Gasteiger partial charge on any atom is 0.267 e. The number of carbonyl (C=O) groups is 1. The fourth-order valence-electron chi connectivity index (χ4n) is 3.60. The van der Waals surface area contributed by atoms with Crippen LogP contribution >= 0.6 is 24.0 Å². The van der Waals surface area contributed by atoms with Crippen LogP contribution in [0, 0.1) is 6.92 Å². The van der Waals surface area contributed by atoms with Crippen LogP contribution in [0.15, 0.2) is 46.8 Å². The van der Waals surface area contributed by atoms with E-state index in [1.54, 1.807) is 29.7 Å². The van der Waals surface area contributed by atoms with E-state index >= 15 is 0 Å². The molecule has 1 aliphatic rings. The molecule has 0 aromatic carbocycles. The summed E-state index contributed by atoms with van der Waals surface area (Å²) in [6.45, 7) is 5.99. The van der Waals surface area contributed by atoms with Gasteiger partial charge in [-0.15, -0.1) is 0 Å².